The maximum absolute atomic E-state index is 14.6. The smallest absolute Gasteiger partial charge is 0.410 e. The second-order valence-electron chi connectivity index (χ2n) is 11.0. The molecule has 3 atom stereocenters. The molecule has 196 valence electrons. The van der Waals surface area contributed by atoms with Crippen LogP contribution in [0.1, 0.15) is 49.9 Å². The molecule has 4 rings (SSSR count). The van der Waals surface area contributed by atoms with Crippen LogP contribution in [0.15, 0.2) is 36.4 Å². The number of nitrogen functional groups attached to an aromatic ring is 1. The summed E-state index contributed by atoms with van der Waals surface area (Å²) < 4.78 is 46.2. The number of carbonyl (C=O) groups is 1. The summed E-state index contributed by atoms with van der Waals surface area (Å²) in [5, 5.41) is 3.14. The third-order valence-corrected chi connectivity index (χ3v) is 8.88. The molecule has 2 saturated heterocycles. The highest BCUT2D eigenvalue weighted by Crippen LogP contribution is 2.36. The Bertz CT molecular complexity index is 1240. The second-order valence-corrected chi connectivity index (χ2v) is 13.1. The van der Waals surface area contributed by atoms with E-state index in [-0.39, 0.29) is 35.6 Å². The number of anilines is 1. The van der Waals surface area contributed by atoms with Crippen molar-refractivity contribution in [2.45, 2.75) is 64.8 Å². The van der Waals surface area contributed by atoms with E-state index < -0.39 is 39.8 Å². The van der Waals surface area contributed by atoms with Gasteiger partial charge in [-0.1, -0.05) is 58.0 Å². The number of ether oxygens (including phenoxy) is 1. The van der Waals surface area contributed by atoms with Gasteiger partial charge in [-0.15, -0.1) is 0 Å². The summed E-state index contributed by atoms with van der Waals surface area (Å²) in [7, 11) is -3.43. The predicted octanol–water partition coefficient (Wildman–Crippen LogP) is 3.79. The summed E-state index contributed by atoms with van der Waals surface area (Å²) >= 11 is 0. The van der Waals surface area contributed by atoms with Crippen molar-refractivity contribution in [3.8, 4) is 0 Å². The lowest BCUT2D eigenvalue weighted by atomic mass is 9.86. The molecule has 0 saturated carbocycles. The van der Waals surface area contributed by atoms with Crippen molar-refractivity contribution in [1.29, 1.82) is 0 Å². The molecular weight excluding hydrogens is 481 g/mol. The number of nitrogens with one attached hydrogen (secondary N) is 1. The maximum Gasteiger partial charge on any atom is 0.410 e. The molecule has 0 spiro atoms. The van der Waals surface area contributed by atoms with Gasteiger partial charge in [-0.25, -0.2) is 17.6 Å². The van der Waals surface area contributed by atoms with Gasteiger partial charge in [0.15, 0.2) is 9.84 Å². The molecule has 0 radical (unpaired) electrons. The van der Waals surface area contributed by atoms with Gasteiger partial charge in [0.1, 0.15) is 11.9 Å². The zero-order valence-electron chi connectivity index (χ0n) is 21.4. The minimum atomic E-state index is -3.43. The Morgan fingerprint density at radius 1 is 1.17 bits per heavy atom. The van der Waals surface area contributed by atoms with Crippen LogP contribution in [0, 0.1) is 11.7 Å². The van der Waals surface area contributed by atoms with E-state index in [4.69, 9.17) is 10.5 Å². The molecular formula is C27H36FN3O4S. The molecule has 7 nitrogen and oxygen atoms in total. The number of carbonyl (C=O) groups excluding carboxylic acids is 1. The molecule has 9 heteroatoms. The normalized spacial score (nSPS) is 23.4. The average Bonchev–Trinajstić information content (AvgIpc) is 3.09. The highest BCUT2D eigenvalue weighted by atomic mass is 32.2. The Kier molecular flexibility index (Phi) is 7.35. The van der Waals surface area contributed by atoms with Crippen molar-refractivity contribution in [2.75, 3.05) is 23.8 Å². The van der Waals surface area contributed by atoms with Crippen molar-refractivity contribution in [3.05, 3.63) is 64.5 Å². The van der Waals surface area contributed by atoms with E-state index in [0.717, 1.165) is 11.1 Å². The second kappa shape index (κ2) is 10.0. The number of fused-ring (bicyclic) bond motifs is 1. The lowest BCUT2D eigenvalue weighted by molar-refractivity contribution is 0.0969. The van der Waals surface area contributed by atoms with E-state index in [1.54, 1.807) is 0 Å². The molecule has 0 unspecified atom stereocenters. The molecule has 0 aliphatic carbocycles. The third-order valence-electron chi connectivity index (χ3n) is 7.09. The molecule has 3 N–H and O–H groups in total. The van der Waals surface area contributed by atoms with Crippen LogP contribution >= 0.6 is 0 Å². The molecule has 1 amide bonds. The molecule has 2 aromatic rings. The number of hydrogen-bond donors (Lipinski definition) is 2. The number of sulfone groups is 1. The summed E-state index contributed by atoms with van der Waals surface area (Å²) in [4.78, 5) is 14.5. The number of nitrogens with two attached hydrogens (primary N) is 1. The van der Waals surface area contributed by atoms with Gasteiger partial charge < -0.3 is 15.8 Å². The van der Waals surface area contributed by atoms with Crippen LogP contribution in [0.25, 0.3) is 0 Å². The van der Waals surface area contributed by atoms with Crippen LogP contribution < -0.4 is 11.1 Å². The van der Waals surface area contributed by atoms with E-state index in [2.05, 4.69) is 32.2 Å². The van der Waals surface area contributed by atoms with E-state index in [1.807, 2.05) is 31.2 Å². The van der Waals surface area contributed by atoms with Crippen LogP contribution in [-0.2, 0) is 39.5 Å². The number of benzene rings is 2. The van der Waals surface area contributed by atoms with Crippen LogP contribution in [-0.4, -0.2) is 49.6 Å². The molecule has 2 aliphatic heterocycles. The fourth-order valence-corrected chi connectivity index (χ4v) is 7.16. The average molecular weight is 518 g/mol. The molecule has 0 aromatic heterocycles. The summed E-state index contributed by atoms with van der Waals surface area (Å²) in [6, 6.07) is 10.6. The van der Waals surface area contributed by atoms with Gasteiger partial charge in [0.25, 0.3) is 0 Å². The van der Waals surface area contributed by atoms with Crippen LogP contribution in [0.5, 0.6) is 0 Å². The highest BCUT2D eigenvalue weighted by Gasteiger charge is 2.51. The maximum atomic E-state index is 14.6. The number of nitrogens with zero attached hydrogens (tertiary/aromatic N) is 1. The van der Waals surface area contributed by atoms with Crippen molar-refractivity contribution in [2.24, 2.45) is 5.92 Å². The Hall–Kier alpha value is -2.65. The van der Waals surface area contributed by atoms with Crippen LogP contribution in [0.3, 0.4) is 0 Å². The van der Waals surface area contributed by atoms with Crippen LogP contribution in [0.4, 0.5) is 14.9 Å². The molecule has 2 aromatic carbocycles. The molecule has 36 heavy (non-hydrogen) atoms. The molecule has 0 bridgehead atoms. The number of rotatable bonds is 7. The zero-order chi connectivity index (χ0) is 26.3. The number of hydrogen-bond acceptors (Lipinski definition) is 6. The van der Waals surface area contributed by atoms with Gasteiger partial charge in [-0.3, -0.25) is 4.90 Å². The van der Waals surface area contributed by atoms with Gasteiger partial charge in [-0.05, 0) is 46.7 Å². The first-order valence-corrected chi connectivity index (χ1v) is 14.2. The van der Waals surface area contributed by atoms with Gasteiger partial charge >= 0.3 is 6.09 Å². The molecule has 2 fully saturated rings. The highest BCUT2D eigenvalue weighted by molar-refractivity contribution is 7.91. The van der Waals surface area contributed by atoms with E-state index in [1.165, 1.54) is 11.0 Å². The summed E-state index contributed by atoms with van der Waals surface area (Å²) in [5.41, 5.74) is 9.28. The topological polar surface area (TPSA) is 102 Å². The summed E-state index contributed by atoms with van der Waals surface area (Å²) in [6.45, 7) is 9.70. The first-order chi connectivity index (χ1) is 16.9. The Labute approximate surface area is 213 Å². The quantitative estimate of drug-likeness (QED) is 0.542. The summed E-state index contributed by atoms with van der Waals surface area (Å²) in [6.07, 6.45) is -0.814. The zero-order valence-corrected chi connectivity index (χ0v) is 22.2. The van der Waals surface area contributed by atoms with E-state index >= 15 is 0 Å². The minimum absolute atomic E-state index is 0.0524. The van der Waals surface area contributed by atoms with Crippen LogP contribution in [0.2, 0.25) is 0 Å². The molecule has 2 heterocycles. The lowest BCUT2D eigenvalue weighted by Gasteiger charge is -2.34. The fourth-order valence-electron chi connectivity index (χ4n) is 5.17. The van der Waals surface area contributed by atoms with E-state index in [0.29, 0.717) is 24.2 Å². The largest absolute Gasteiger partial charge is 0.444 e. The van der Waals surface area contributed by atoms with Gasteiger partial charge in [0.05, 0.1) is 23.2 Å². The Morgan fingerprint density at radius 3 is 2.61 bits per heavy atom. The third kappa shape index (κ3) is 5.67. The fraction of sp³-hybridized carbons (Fsp3) is 0.519. The number of halogens is 1. The summed E-state index contributed by atoms with van der Waals surface area (Å²) in [5.74, 6) is -1.25. The van der Waals surface area contributed by atoms with Crippen molar-refractivity contribution in [3.63, 3.8) is 0 Å². The monoisotopic (exact) mass is 517 g/mol. The van der Waals surface area contributed by atoms with Gasteiger partial charge in [0.2, 0.25) is 0 Å². The van der Waals surface area contributed by atoms with Gasteiger partial charge in [0, 0.05) is 19.0 Å². The van der Waals surface area contributed by atoms with Crippen molar-refractivity contribution in [1.82, 2.24) is 10.2 Å². The Balaban J connectivity index is 1.59. The standard InChI is InChI=1S/C27H36FN3O4S/c1-5-30-13-19-9-18(12-22(28)24(19)29)10-20-15-36(33,34)16-23-25(20)35-26(32)31(23)14-17-7-6-8-21(11-17)27(2,3)4/h6-9,11-12,20,23,25,30H,5,10,13-16,29H2,1-4H3/t20-,23+,25+/m1/s1. The number of amides is 1. The first-order valence-electron chi connectivity index (χ1n) is 12.4. The SMILES string of the molecule is CCNCc1cc(C[C@@H]2CS(=O)(=O)C[C@H]3[C@H]2OC(=O)N3Cc2cccc(C(C)(C)C)c2)cc(F)c1N. The van der Waals surface area contributed by atoms with Crippen molar-refractivity contribution >= 4 is 21.6 Å². The first kappa shape index (κ1) is 26.4. The predicted molar refractivity (Wildman–Crippen MR) is 139 cm³/mol. The minimum Gasteiger partial charge on any atom is -0.444 e. The lowest BCUT2D eigenvalue weighted by Crippen LogP contribution is -2.51. The van der Waals surface area contributed by atoms with Crippen molar-refractivity contribution < 1.29 is 22.3 Å². The van der Waals surface area contributed by atoms with E-state index in [9.17, 15) is 17.6 Å². The van der Waals surface area contributed by atoms with Gasteiger partial charge in [-0.2, -0.15) is 0 Å². The molecule has 2 aliphatic rings. The Morgan fingerprint density at radius 2 is 1.92 bits per heavy atom.